The van der Waals surface area contributed by atoms with Gasteiger partial charge in [-0.05, 0) is 50.9 Å². The van der Waals surface area contributed by atoms with Crippen LogP contribution in [0.1, 0.15) is 49.9 Å². The topological polar surface area (TPSA) is 28.2 Å². The summed E-state index contributed by atoms with van der Waals surface area (Å²) in [5.41, 5.74) is 2.59. The number of rotatable bonds is 4. The first-order chi connectivity index (χ1) is 8.76. The standard InChI is InChI=1S/C15H25N3/c1-4-10-18-11-6-5-7-14(18)13-8-9-15(16-3)17-12(13)2/h8-9,14H,4-7,10-11H2,1-3H3,(H,16,17)/t14-/m0/s1. The highest BCUT2D eigenvalue weighted by molar-refractivity contribution is 5.39. The summed E-state index contributed by atoms with van der Waals surface area (Å²) in [7, 11) is 1.92. The Labute approximate surface area is 111 Å². The lowest BCUT2D eigenvalue weighted by molar-refractivity contribution is 0.148. The van der Waals surface area contributed by atoms with E-state index in [0.717, 1.165) is 5.82 Å². The highest BCUT2D eigenvalue weighted by atomic mass is 15.2. The van der Waals surface area contributed by atoms with Crippen molar-refractivity contribution in [2.45, 2.75) is 45.6 Å². The van der Waals surface area contributed by atoms with Gasteiger partial charge in [-0.3, -0.25) is 4.90 Å². The molecule has 100 valence electrons. The summed E-state index contributed by atoms with van der Waals surface area (Å²) < 4.78 is 0. The minimum absolute atomic E-state index is 0.581. The minimum atomic E-state index is 0.581. The van der Waals surface area contributed by atoms with Gasteiger partial charge >= 0.3 is 0 Å². The third-order valence-corrected chi connectivity index (χ3v) is 3.87. The molecule has 0 amide bonds. The fraction of sp³-hybridized carbons (Fsp3) is 0.667. The molecule has 0 aromatic carbocycles. The van der Waals surface area contributed by atoms with E-state index in [4.69, 9.17) is 0 Å². The Bertz CT molecular complexity index is 387. The van der Waals surface area contributed by atoms with Gasteiger partial charge in [-0.2, -0.15) is 0 Å². The third kappa shape index (κ3) is 2.83. The van der Waals surface area contributed by atoms with E-state index < -0.39 is 0 Å². The molecule has 1 N–H and O–H groups in total. The molecule has 0 bridgehead atoms. The van der Waals surface area contributed by atoms with Crippen LogP contribution in [-0.4, -0.2) is 30.0 Å². The maximum Gasteiger partial charge on any atom is 0.125 e. The maximum atomic E-state index is 4.62. The molecule has 0 aliphatic carbocycles. The highest BCUT2D eigenvalue weighted by Crippen LogP contribution is 2.32. The normalized spacial score (nSPS) is 20.9. The number of hydrogen-bond acceptors (Lipinski definition) is 3. The van der Waals surface area contributed by atoms with Gasteiger partial charge in [0.25, 0.3) is 0 Å². The molecule has 0 radical (unpaired) electrons. The van der Waals surface area contributed by atoms with Crippen molar-refractivity contribution in [3.8, 4) is 0 Å². The number of hydrogen-bond donors (Lipinski definition) is 1. The van der Waals surface area contributed by atoms with Crippen molar-refractivity contribution in [1.29, 1.82) is 0 Å². The molecule has 0 saturated carbocycles. The average Bonchev–Trinajstić information content (AvgIpc) is 2.40. The second kappa shape index (κ2) is 6.19. The van der Waals surface area contributed by atoms with E-state index in [1.807, 2.05) is 7.05 Å². The van der Waals surface area contributed by atoms with Crippen LogP contribution in [0.5, 0.6) is 0 Å². The van der Waals surface area contributed by atoms with E-state index in [0.29, 0.717) is 6.04 Å². The zero-order chi connectivity index (χ0) is 13.0. The molecule has 1 atom stereocenters. The summed E-state index contributed by atoms with van der Waals surface area (Å²) >= 11 is 0. The molecule has 2 rings (SSSR count). The summed E-state index contributed by atoms with van der Waals surface area (Å²) in [5, 5.41) is 3.11. The Balaban J connectivity index is 2.22. The van der Waals surface area contributed by atoms with Gasteiger partial charge in [-0.1, -0.05) is 19.4 Å². The number of likely N-dealkylation sites (tertiary alicyclic amines) is 1. The van der Waals surface area contributed by atoms with Crippen molar-refractivity contribution in [1.82, 2.24) is 9.88 Å². The SMILES string of the molecule is CCCN1CCCC[C@H]1c1ccc(NC)nc1C. The van der Waals surface area contributed by atoms with Crippen LogP contribution in [0.15, 0.2) is 12.1 Å². The van der Waals surface area contributed by atoms with Crippen LogP contribution in [0.3, 0.4) is 0 Å². The number of aromatic nitrogens is 1. The molecule has 1 aromatic heterocycles. The fourth-order valence-electron chi connectivity index (χ4n) is 2.96. The van der Waals surface area contributed by atoms with Crippen molar-refractivity contribution in [3.63, 3.8) is 0 Å². The zero-order valence-electron chi connectivity index (χ0n) is 11.9. The molecular weight excluding hydrogens is 222 g/mol. The number of anilines is 1. The molecule has 1 aliphatic heterocycles. The quantitative estimate of drug-likeness (QED) is 0.884. The van der Waals surface area contributed by atoms with Gasteiger partial charge in [0.1, 0.15) is 5.82 Å². The molecule has 0 spiro atoms. The number of nitrogens with one attached hydrogen (secondary N) is 1. The van der Waals surface area contributed by atoms with E-state index in [1.165, 1.54) is 50.0 Å². The number of aryl methyl sites for hydroxylation is 1. The van der Waals surface area contributed by atoms with E-state index in [1.54, 1.807) is 0 Å². The van der Waals surface area contributed by atoms with Crippen molar-refractivity contribution < 1.29 is 0 Å². The fourth-order valence-corrected chi connectivity index (χ4v) is 2.96. The Kier molecular flexibility index (Phi) is 4.59. The van der Waals surface area contributed by atoms with Crippen LogP contribution in [0.4, 0.5) is 5.82 Å². The zero-order valence-corrected chi connectivity index (χ0v) is 11.9. The number of piperidine rings is 1. The Morgan fingerprint density at radius 2 is 2.22 bits per heavy atom. The Hall–Kier alpha value is -1.09. The second-order valence-corrected chi connectivity index (χ2v) is 5.17. The van der Waals surface area contributed by atoms with Crippen LogP contribution < -0.4 is 5.32 Å². The van der Waals surface area contributed by atoms with E-state index in [-0.39, 0.29) is 0 Å². The molecule has 3 nitrogen and oxygen atoms in total. The first-order valence-corrected chi connectivity index (χ1v) is 7.15. The number of pyridine rings is 1. The average molecular weight is 247 g/mol. The molecule has 0 unspecified atom stereocenters. The summed E-state index contributed by atoms with van der Waals surface area (Å²) in [4.78, 5) is 7.26. The van der Waals surface area contributed by atoms with E-state index in [2.05, 4.69) is 41.2 Å². The van der Waals surface area contributed by atoms with Crippen LogP contribution in [0.25, 0.3) is 0 Å². The molecule has 18 heavy (non-hydrogen) atoms. The van der Waals surface area contributed by atoms with E-state index >= 15 is 0 Å². The molecule has 1 aromatic rings. The van der Waals surface area contributed by atoms with Crippen LogP contribution in [-0.2, 0) is 0 Å². The molecule has 1 aliphatic rings. The van der Waals surface area contributed by atoms with E-state index in [9.17, 15) is 0 Å². The van der Waals surface area contributed by atoms with Crippen molar-refractivity contribution in [2.24, 2.45) is 0 Å². The van der Waals surface area contributed by atoms with Crippen molar-refractivity contribution in [2.75, 3.05) is 25.5 Å². The predicted octanol–water partition coefficient (Wildman–Crippen LogP) is 3.37. The van der Waals surface area contributed by atoms with Crippen LogP contribution >= 0.6 is 0 Å². The van der Waals surface area contributed by atoms with Gasteiger partial charge in [0, 0.05) is 18.8 Å². The predicted molar refractivity (Wildman–Crippen MR) is 77.0 cm³/mol. The van der Waals surface area contributed by atoms with Gasteiger partial charge in [0.05, 0.1) is 0 Å². The Morgan fingerprint density at radius 1 is 1.39 bits per heavy atom. The van der Waals surface area contributed by atoms with Crippen LogP contribution in [0.2, 0.25) is 0 Å². The first-order valence-electron chi connectivity index (χ1n) is 7.15. The molecule has 1 fully saturated rings. The van der Waals surface area contributed by atoms with Gasteiger partial charge < -0.3 is 5.32 Å². The lowest BCUT2D eigenvalue weighted by Crippen LogP contribution is -2.34. The third-order valence-electron chi connectivity index (χ3n) is 3.87. The van der Waals surface area contributed by atoms with Gasteiger partial charge in [-0.25, -0.2) is 4.98 Å². The largest absolute Gasteiger partial charge is 0.373 e. The molecule has 2 heterocycles. The second-order valence-electron chi connectivity index (χ2n) is 5.17. The van der Waals surface area contributed by atoms with Crippen LogP contribution in [0, 0.1) is 6.92 Å². The highest BCUT2D eigenvalue weighted by Gasteiger charge is 2.24. The van der Waals surface area contributed by atoms with Crippen molar-refractivity contribution >= 4 is 5.82 Å². The van der Waals surface area contributed by atoms with Gasteiger partial charge in [0.2, 0.25) is 0 Å². The molecular formula is C15H25N3. The minimum Gasteiger partial charge on any atom is -0.373 e. The monoisotopic (exact) mass is 247 g/mol. The smallest absolute Gasteiger partial charge is 0.125 e. The lowest BCUT2D eigenvalue weighted by Gasteiger charge is -2.36. The molecule has 3 heteroatoms. The maximum absolute atomic E-state index is 4.62. The summed E-state index contributed by atoms with van der Waals surface area (Å²) in [6.45, 7) is 6.85. The summed E-state index contributed by atoms with van der Waals surface area (Å²) in [6.07, 6.45) is 5.20. The van der Waals surface area contributed by atoms with Gasteiger partial charge in [0.15, 0.2) is 0 Å². The summed E-state index contributed by atoms with van der Waals surface area (Å²) in [5.74, 6) is 0.967. The molecule has 1 saturated heterocycles. The summed E-state index contributed by atoms with van der Waals surface area (Å²) in [6, 6.07) is 4.94. The first kappa shape index (κ1) is 13.3. The lowest BCUT2D eigenvalue weighted by atomic mass is 9.94. The van der Waals surface area contributed by atoms with Gasteiger partial charge in [-0.15, -0.1) is 0 Å². The van der Waals surface area contributed by atoms with Crippen molar-refractivity contribution in [3.05, 3.63) is 23.4 Å². The Morgan fingerprint density at radius 3 is 2.89 bits per heavy atom. The number of nitrogens with zero attached hydrogens (tertiary/aromatic N) is 2.